The maximum Gasteiger partial charge on any atom is 0.342 e. The Balaban J connectivity index is 2.61. The van der Waals surface area contributed by atoms with Gasteiger partial charge in [0.15, 0.2) is 5.82 Å². The molecule has 0 saturated heterocycles. The third-order valence-corrected chi connectivity index (χ3v) is 3.10. The van der Waals surface area contributed by atoms with Crippen molar-refractivity contribution in [2.75, 3.05) is 5.33 Å². The second kappa shape index (κ2) is 6.70. The Bertz CT molecular complexity index is 381. The highest BCUT2D eigenvalue weighted by atomic mass is 79.9. The second-order valence-corrected chi connectivity index (χ2v) is 4.66. The number of aliphatic hydroxyl groups is 1. The van der Waals surface area contributed by atoms with Crippen LogP contribution in [0.15, 0.2) is 6.20 Å². The molecule has 1 unspecified atom stereocenters. The summed E-state index contributed by atoms with van der Waals surface area (Å²) in [5.74, 6) is 0.485. The average Bonchev–Trinajstić information content (AvgIpc) is 2.61. The Morgan fingerprint density at radius 2 is 2.35 bits per heavy atom. The van der Waals surface area contributed by atoms with Gasteiger partial charge in [0.05, 0.1) is 6.10 Å². The number of nitrogens with zero attached hydrogens (tertiary/aromatic N) is 3. The summed E-state index contributed by atoms with van der Waals surface area (Å²) >= 11 is 3.32. The van der Waals surface area contributed by atoms with Crippen LogP contribution in [0.25, 0.3) is 0 Å². The molecule has 0 aliphatic carbocycles. The van der Waals surface area contributed by atoms with Gasteiger partial charge in [-0.25, -0.2) is 9.55 Å². The molecule has 0 aliphatic rings. The highest BCUT2D eigenvalue weighted by Crippen LogP contribution is 2.15. The van der Waals surface area contributed by atoms with Crippen LogP contribution >= 0.6 is 15.9 Å². The molecule has 1 heterocycles. The second-order valence-electron chi connectivity index (χ2n) is 3.87. The largest absolute Gasteiger partial charge is 0.389 e. The Labute approximate surface area is 108 Å². The molecule has 0 spiro atoms. The van der Waals surface area contributed by atoms with Crippen molar-refractivity contribution in [2.24, 2.45) is 0 Å². The van der Waals surface area contributed by atoms with Gasteiger partial charge >= 0.3 is 5.82 Å². The zero-order chi connectivity index (χ0) is 12.8. The molecule has 0 fully saturated rings. The first-order chi connectivity index (χ1) is 8.06. The van der Waals surface area contributed by atoms with Crippen molar-refractivity contribution in [3.8, 4) is 0 Å². The number of nitro groups is 1. The first kappa shape index (κ1) is 14.1. The van der Waals surface area contributed by atoms with Gasteiger partial charge < -0.3 is 15.2 Å². The van der Waals surface area contributed by atoms with Crippen LogP contribution in [0.2, 0.25) is 0 Å². The highest BCUT2D eigenvalue weighted by Gasteiger charge is 2.20. The van der Waals surface area contributed by atoms with E-state index in [9.17, 15) is 15.2 Å². The van der Waals surface area contributed by atoms with Gasteiger partial charge in [0, 0.05) is 12.3 Å². The molecule has 0 aliphatic heterocycles. The van der Waals surface area contributed by atoms with E-state index in [1.807, 2.05) is 0 Å². The third-order valence-electron chi connectivity index (χ3n) is 2.54. The van der Waals surface area contributed by atoms with Crippen LogP contribution in [0.5, 0.6) is 0 Å². The van der Waals surface area contributed by atoms with Gasteiger partial charge in [-0.15, -0.1) is 0 Å². The summed E-state index contributed by atoms with van der Waals surface area (Å²) in [5.41, 5.74) is 0. The van der Waals surface area contributed by atoms with E-state index in [-0.39, 0.29) is 12.4 Å². The van der Waals surface area contributed by atoms with E-state index in [1.165, 1.54) is 10.8 Å². The van der Waals surface area contributed by atoms with Gasteiger partial charge in [0.1, 0.15) is 12.7 Å². The van der Waals surface area contributed by atoms with E-state index in [4.69, 9.17) is 0 Å². The molecule has 1 aromatic rings. The van der Waals surface area contributed by atoms with Gasteiger partial charge in [0.25, 0.3) is 0 Å². The van der Waals surface area contributed by atoms with Crippen LogP contribution in [0.1, 0.15) is 25.1 Å². The fourth-order valence-electron chi connectivity index (χ4n) is 1.60. The normalized spacial score (nSPS) is 12.6. The van der Waals surface area contributed by atoms with Crippen molar-refractivity contribution in [3.05, 3.63) is 22.1 Å². The van der Waals surface area contributed by atoms with E-state index in [2.05, 4.69) is 20.9 Å². The maximum atomic E-state index is 10.7. The molecule has 96 valence electrons. The summed E-state index contributed by atoms with van der Waals surface area (Å²) < 4.78 is 1.44. The van der Waals surface area contributed by atoms with Gasteiger partial charge in [-0.3, -0.25) is 0 Å². The number of halogens is 1. The minimum absolute atomic E-state index is 0.0676. The summed E-state index contributed by atoms with van der Waals surface area (Å²) in [6, 6.07) is 0. The van der Waals surface area contributed by atoms with Crippen molar-refractivity contribution >= 4 is 21.7 Å². The van der Waals surface area contributed by atoms with Crippen molar-refractivity contribution in [1.82, 2.24) is 9.55 Å². The topological polar surface area (TPSA) is 81.2 Å². The molecule has 1 rings (SSSR count). The zero-order valence-corrected chi connectivity index (χ0v) is 11.3. The molecule has 0 radical (unpaired) electrons. The Morgan fingerprint density at radius 3 is 2.94 bits per heavy atom. The van der Waals surface area contributed by atoms with Crippen LogP contribution < -0.4 is 0 Å². The summed E-state index contributed by atoms with van der Waals surface area (Å²) in [6.07, 6.45) is 3.18. The molecule has 6 nitrogen and oxygen atoms in total. The summed E-state index contributed by atoms with van der Waals surface area (Å²) in [5, 5.41) is 21.4. The van der Waals surface area contributed by atoms with Crippen LogP contribution in [0, 0.1) is 17.0 Å². The molecular weight excluding hydrogens is 290 g/mol. The van der Waals surface area contributed by atoms with Gasteiger partial charge in [-0.1, -0.05) is 15.9 Å². The number of hydrogen-bond acceptors (Lipinski definition) is 4. The lowest BCUT2D eigenvalue weighted by Crippen LogP contribution is -2.18. The van der Waals surface area contributed by atoms with Crippen molar-refractivity contribution in [2.45, 2.75) is 38.8 Å². The van der Waals surface area contributed by atoms with Crippen LogP contribution in [0.3, 0.4) is 0 Å². The summed E-state index contributed by atoms with van der Waals surface area (Å²) in [6.45, 7) is 1.92. The van der Waals surface area contributed by atoms with Crippen molar-refractivity contribution in [1.29, 1.82) is 0 Å². The molecule has 0 amide bonds. The minimum Gasteiger partial charge on any atom is -0.389 e. The van der Waals surface area contributed by atoms with E-state index >= 15 is 0 Å². The van der Waals surface area contributed by atoms with Crippen molar-refractivity contribution < 1.29 is 10.0 Å². The average molecular weight is 306 g/mol. The molecule has 1 atom stereocenters. The number of imidazole rings is 1. The van der Waals surface area contributed by atoms with Crippen LogP contribution in [-0.2, 0) is 6.54 Å². The lowest BCUT2D eigenvalue weighted by Gasteiger charge is -2.09. The SMILES string of the molecule is Cc1ncc([N+](=O)[O-])n1CC(O)CCCCBr. The van der Waals surface area contributed by atoms with Gasteiger partial charge in [-0.2, -0.15) is 0 Å². The van der Waals surface area contributed by atoms with Crippen molar-refractivity contribution in [3.63, 3.8) is 0 Å². The Hall–Kier alpha value is -0.950. The lowest BCUT2D eigenvalue weighted by molar-refractivity contribution is -0.392. The van der Waals surface area contributed by atoms with E-state index < -0.39 is 11.0 Å². The summed E-state index contributed by atoms with van der Waals surface area (Å²) in [4.78, 5) is 14.1. The Morgan fingerprint density at radius 1 is 1.65 bits per heavy atom. The maximum absolute atomic E-state index is 10.7. The molecule has 0 saturated carbocycles. The number of rotatable bonds is 7. The Kier molecular flexibility index (Phi) is 5.57. The van der Waals surface area contributed by atoms with Gasteiger partial charge in [-0.05, 0) is 24.2 Å². The fraction of sp³-hybridized carbons (Fsp3) is 0.700. The number of aryl methyl sites for hydroxylation is 1. The molecule has 0 aromatic carbocycles. The third kappa shape index (κ3) is 4.08. The predicted molar refractivity (Wildman–Crippen MR) is 67.3 cm³/mol. The number of hydrogen-bond donors (Lipinski definition) is 1. The molecule has 7 heteroatoms. The highest BCUT2D eigenvalue weighted by molar-refractivity contribution is 9.09. The monoisotopic (exact) mass is 305 g/mol. The standard InChI is InChI=1S/C10H16BrN3O3/c1-8-12-6-10(14(16)17)13(8)7-9(15)4-2-3-5-11/h6,9,15H,2-5,7H2,1H3. The van der Waals surface area contributed by atoms with E-state index in [1.54, 1.807) is 6.92 Å². The zero-order valence-electron chi connectivity index (χ0n) is 9.67. The van der Waals surface area contributed by atoms with E-state index in [0.29, 0.717) is 12.2 Å². The molecule has 1 aromatic heterocycles. The number of unbranched alkanes of at least 4 members (excludes halogenated alkanes) is 1. The molecule has 1 N–H and O–H groups in total. The van der Waals surface area contributed by atoms with E-state index in [0.717, 1.165) is 18.2 Å². The fourth-order valence-corrected chi connectivity index (χ4v) is 2.00. The van der Waals surface area contributed by atoms with Gasteiger partial charge in [0.2, 0.25) is 0 Å². The lowest BCUT2D eigenvalue weighted by atomic mass is 10.1. The smallest absolute Gasteiger partial charge is 0.342 e. The first-order valence-electron chi connectivity index (χ1n) is 5.46. The minimum atomic E-state index is -0.569. The number of alkyl halides is 1. The quantitative estimate of drug-likeness (QED) is 0.362. The number of aliphatic hydroxyl groups excluding tert-OH is 1. The number of aromatic nitrogens is 2. The van der Waals surface area contributed by atoms with Crippen LogP contribution in [-0.4, -0.2) is 31.0 Å². The summed E-state index contributed by atoms with van der Waals surface area (Å²) in [7, 11) is 0. The first-order valence-corrected chi connectivity index (χ1v) is 6.59. The molecule has 0 bridgehead atoms. The molecular formula is C10H16BrN3O3. The predicted octanol–water partition coefficient (Wildman–Crippen LogP) is 2.03. The van der Waals surface area contributed by atoms with Crippen LogP contribution in [0.4, 0.5) is 5.82 Å². The molecule has 17 heavy (non-hydrogen) atoms.